The van der Waals surface area contributed by atoms with Crippen LogP contribution in [0.15, 0.2) is 18.2 Å². The lowest BCUT2D eigenvalue weighted by Gasteiger charge is -2.27. The molecular formula is C15H22Cl2N2O. The summed E-state index contributed by atoms with van der Waals surface area (Å²) in [7, 11) is 1.65. The van der Waals surface area contributed by atoms with Crippen LogP contribution in [0.2, 0.25) is 10.0 Å². The van der Waals surface area contributed by atoms with Crippen LogP contribution in [0.4, 0.5) is 0 Å². The van der Waals surface area contributed by atoms with Gasteiger partial charge in [0.25, 0.3) is 0 Å². The van der Waals surface area contributed by atoms with Crippen LogP contribution in [0.25, 0.3) is 0 Å². The van der Waals surface area contributed by atoms with E-state index in [1.54, 1.807) is 13.1 Å². The molecule has 0 aromatic heterocycles. The first-order valence-electron chi connectivity index (χ1n) is 6.72. The van der Waals surface area contributed by atoms with E-state index >= 15 is 0 Å². The normalized spacial score (nSPS) is 13.1. The van der Waals surface area contributed by atoms with Gasteiger partial charge in [0, 0.05) is 29.7 Å². The van der Waals surface area contributed by atoms with E-state index in [0.717, 1.165) is 12.0 Å². The minimum atomic E-state index is -0.471. The molecule has 0 radical (unpaired) electrons. The Labute approximate surface area is 131 Å². The molecule has 0 heterocycles. The van der Waals surface area contributed by atoms with E-state index < -0.39 is 5.41 Å². The van der Waals surface area contributed by atoms with Crippen LogP contribution in [0, 0.1) is 5.41 Å². The van der Waals surface area contributed by atoms with E-state index in [1.165, 1.54) is 0 Å². The molecule has 1 unspecified atom stereocenters. The third-order valence-corrected chi connectivity index (χ3v) is 3.94. The Kier molecular flexibility index (Phi) is 6.31. The van der Waals surface area contributed by atoms with Gasteiger partial charge in [0.05, 0.1) is 5.41 Å². The number of hydrogen-bond donors (Lipinski definition) is 2. The fraction of sp³-hybridized carbons (Fsp3) is 0.533. The van der Waals surface area contributed by atoms with Crippen molar-refractivity contribution in [2.24, 2.45) is 5.41 Å². The highest BCUT2D eigenvalue weighted by molar-refractivity contribution is 6.35. The Hall–Kier alpha value is -0.770. The van der Waals surface area contributed by atoms with Crippen molar-refractivity contribution in [3.05, 3.63) is 33.8 Å². The van der Waals surface area contributed by atoms with E-state index in [0.29, 0.717) is 16.6 Å². The summed E-state index contributed by atoms with van der Waals surface area (Å²) < 4.78 is 0. The van der Waals surface area contributed by atoms with Gasteiger partial charge in [-0.25, -0.2) is 0 Å². The molecule has 20 heavy (non-hydrogen) atoms. The third-order valence-electron chi connectivity index (χ3n) is 3.38. The maximum atomic E-state index is 11.8. The molecular weight excluding hydrogens is 295 g/mol. The van der Waals surface area contributed by atoms with Gasteiger partial charge >= 0.3 is 0 Å². The van der Waals surface area contributed by atoms with Gasteiger partial charge in [0.2, 0.25) is 5.91 Å². The number of carbonyl (C=O) groups excluding carboxylic acids is 1. The molecule has 0 saturated carbocycles. The predicted molar refractivity (Wildman–Crippen MR) is 85.3 cm³/mol. The van der Waals surface area contributed by atoms with Gasteiger partial charge in [-0.15, -0.1) is 0 Å². The zero-order valence-electron chi connectivity index (χ0n) is 12.4. The summed E-state index contributed by atoms with van der Waals surface area (Å²) in [5, 5.41) is 7.37. The van der Waals surface area contributed by atoms with Crippen molar-refractivity contribution in [2.45, 2.75) is 33.2 Å². The molecule has 0 aliphatic carbocycles. The van der Waals surface area contributed by atoms with Gasteiger partial charge in [-0.1, -0.05) is 36.2 Å². The largest absolute Gasteiger partial charge is 0.359 e. The Morgan fingerprint density at radius 2 is 2.00 bits per heavy atom. The molecule has 0 aliphatic rings. The number of benzene rings is 1. The lowest BCUT2D eigenvalue weighted by Crippen LogP contribution is -2.43. The van der Waals surface area contributed by atoms with E-state index in [9.17, 15) is 4.79 Å². The minimum absolute atomic E-state index is 0.0158. The molecule has 1 rings (SSSR count). The van der Waals surface area contributed by atoms with Crippen molar-refractivity contribution in [1.29, 1.82) is 0 Å². The third kappa shape index (κ3) is 4.37. The van der Waals surface area contributed by atoms with Crippen molar-refractivity contribution in [2.75, 3.05) is 13.6 Å². The molecule has 1 aromatic carbocycles. The molecule has 3 nitrogen and oxygen atoms in total. The van der Waals surface area contributed by atoms with Gasteiger partial charge in [-0.05, 0) is 38.0 Å². The Bertz CT molecular complexity index is 475. The number of nitrogens with one attached hydrogen (secondary N) is 2. The first-order chi connectivity index (χ1) is 9.31. The summed E-state index contributed by atoms with van der Waals surface area (Å²) in [5.74, 6) is 0.0158. The fourth-order valence-corrected chi connectivity index (χ4v) is 2.60. The zero-order valence-corrected chi connectivity index (χ0v) is 13.9. The highest BCUT2D eigenvalue weighted by atomic mass is 35.5. The average Bonchev–Trinajstić information content (AvgIpc) is 2.40. The van der Waals surface area contributed by atoms with Crippen molar-refractivity contribution < 1.29 is 4.79 Å². The summed E-state index contributed by atoms with van der Waals surface area (Å²) in [6.45, 7) is 6.48. The van der Waals surface area contributed by atoms with Crippen molar-refractivity contribution >= 4 is 29.1 Å². The Morgan fingerprint density at radius 3 is 2.50 bits per heavy atom. The van der Waals surface area contributed by atoms with E-state index in [1.807, 2.05) is 26.0 Å². The van der Waals surface area contributed by atoms with E-state index in [-0.39, 0.29) is 11.9 Å². The quantitative estimate of drug-likeness (QED) is 0.838. The fourth-order valence-electron chi connectivity index (χ4n) is 2.06. The number of rotatable bonds is 6. The second-order valence-electron chi connectivity index (χ2n) is 5.47. The minimum Gasteiger partial charge on any atom is -0.359 e. The molecule has 1 atom stereocenters. The topological polar surface area (TPSA) is 41.1 Å². The summed E-state index contributed by atoms with van der Waals surface area (Å²) in [5.41, 5.74) is 0.535. The second-order valence-corrected chi connectivity index (χ2v) is 6.31. The van der Waals surface area contributed by atoms with E-state index in [4.69, 9.17) is 23.2 Å². The van der Waals surface area contributed by atoms with Crippen LogP contribution < -0.4 is 10.6 Å². The monoisotopic (exact) mass is 316 g/mol. The first kappa shape index (κ1) is 17.3. The lowest BCUT2D eigenvalue weighted by molar-refractivity contribution is -0.128. The second kappa shape index (κ2) is 7.30. The van der Waals surface area contributed by atoms with Crippen LogP contribution in [0.1, 0.15) is 38.8 Å². The number of halogens is 2. The number of hydrogen-bond acceptors (Lipinski definition) is 2. The number of carbonyl (C=O) groups is 1. The summed E-state index contributed by atoms with van der Waals surface area (Å²) in [6.07, 6.45) is 0.880. The van der Waals surface area contributed by atoms with Gasteiger partial charge in [0.15, 0.2) is 0 Å². The van der Waals surface area contributed by atoms with E-state index in [2.05, 4.69) is 17.6 Å². The van der Waals surface area contributed by atoms with Gasteiger partial charge < -0.3 is 10.6 Å². The molecule has 0 fully saturated rings. The highest BCUT2D eigenvalue weighted by Gasteiger charge is 2.27. The maximum absolute atomic E-state index is 11.8. The smallest absolute Gasteiger partial charge is 0.226 e. The van der Waals surface area contributed by atoms with Crippen LogP contribution in [-0.4, -0.2) is 19.5 Å². The standard InChI is InChI=1S/C15H22Cl2N2O/c1-5-13(11-7-6-10(16)8-12(11)17)19-9-15(2,3)14(20)18-4/h6-8,13,19H,5,9H2,1-4H3,(H,18,20). The van der Waals surface area contributed by atoms with Crippen molar-refractivity contribution in [3.8, 4) is 0 Å². The molecule has 1 aromatic rings. The molecule has 0 aliphatic heterocycles. The lowest BCUT2D eigenvalue weighted by atomic mass is 9.91. The maximum Gasteiger partial charge on any atom is 0.226 e. The summed E-state index contributed by atoms with van der Waals surface area (Å²) in [6, 6.07) is 5.60. The molecule has 2 N–H and O–H groups in total. The molecule has 5 heteroatoms. The van der Waals surface area contributed by atoms with Crippen LogP contribution in [0.3, 0.4) is 0 Å². The highest BCUT2D eigenvalue weighted by Crippen LogP contribution is 2.28. The van der Waals surface area contributed by atoms with Crippen molar-refractivity contribution in [1.82, 2.24) is 10.6 Å². The van der Waals surface area contributed by atoms with Gasteiger partial charge in [0.1, 0.15) is 0 Å². The molecule has 0 bridgehead atoms. The first-order valence-corrected chi connectivity index (χ1v) is 7.48. The van der Waals surface area contributed by atoms with Crippen LogP contribution >= 0.6 is 23.2 Å². The van der Waals surface area contributed by atoms with Crippen LogP contribution in [-0.2, 0) is 4.79 Å². The van der Waals surface area contributed by atoms with Gasteiger partial charge in [-0.2, -0.15) is 0 Å². The SMILES string of the molecule is CCC(NCC(C)(C)C(=O)NC)c1ccc(Cl)cc1Cl. The molecule has 1 amide bonds. The zero-order chi connectivity index (χ0) is 15.3. The summed E-state index contributed by atoms with van der Waals surface area (Å²) >= 11 is 12.2. The van der Waals surface area contributed by atoms with Crippen molar-refractivity contribution in [3.63, 3.8) is 0 Å². The molecule has 0 spiro atoms. The Morgan fingerprint density at radius 1 is 1.35 bits per heavy atom. The van der Waals surface area contributed by atoms with Crippen LogP contribution in [0.5, 0.6) is 0 Å². The Balaban J connectivity index is 2.80. The molecule has 112 valence electrons. The molecule has 0 saturated heterocycles. The number of amides is 1. The predicted octanol–water partition coefficient (Wildman–Crippen LogP) is 3.81. The van der Waals surface area contributed by atoms with Gasteiger partial charge in [-0.3, -0.25) is 4.79 Å². The summed E-state index contributed by atoms with van der Waals surface area (Å²) in [4.78, 5) is 11.8. The average molecular weight is 317 g/mol.